The number of carboxylic acids is 1. The van der Waals surface area contributed by atoms with Gasteiger partial charge >= 0.3 is 5.97 Å². The Bertz CT molecular complexity index is 413. The number of hydrogen-bond donors (Lipinski definition) is 4. The van der Waals surface area contributed by atoms with Crippen molar-refractivity contribution in [1.82, 2.24) is 10.2 Å². The average Bonchev–Trinajstić information content (AvgIpc) is 2.65. The van der Waals surface area contributed by atoms with Crippen molar-refractivity contribution in [3.05, 3.63) is 11.8 Å². The number of aliphatic carboxylic acids is 1. The van der Waals surface area contributed by atoms with Crippen molar-refractivity contribution >= 4 is 17.7 Å². The second-order valence-corrected chi connectivity index (χ2v) is 4.06. The summed E-state index contributed by atoms with van der Waals surface area (Å²) in [5.41, 5.74) is 6.28. The lowest BCUT2D eigenvalue weighted by atomic mass is 10.1. The highest BCUT2D eigenvalue weighted by Gasteiger charge is 2.18. The van der Waals surface area contributed by atoms with Crippen LogP contribution in [-0.4, -0.2) is 33.2 Å². The number of hydrogen-bond acceptors (Lipinski definition) is 4. The van der Waals surface area contributed by atoms with Gasteiger partial charge in [-0.1, -0.05) is 13.8 Å². The Morgan fingerprint density at radius 1 is 1.59 bits per heavy atom. The first kappa shape index (κ1) is 13.2. The predicted molar refractivity (Wildman–Crippen MR) is 61.5 cm³/mol. The number of nitrogens with zero attached hydrogens (tertiary/aromatic N) is 1. The first-order valence-electron chi connectivity index (χ1n) is 5.23. The van der Waals surface area contributed by atoms with E-state index < -0.39 is 24.3 Å². The summed E-state index contributed by atoms with van der Waals surface area (Å²) < 4.78 is 0. The van der Waals surface area contributed by atoms with E-state index in [4.69, 9.17) is 10.8 Å². The zero-order valence-electron chi connectivity index (χ0n) is 9.73. The third-order valence-corrected chi connectivity index (χ3v) is 2.20. The van der Waals surface area contributed by atoms with Crippen LogP contribution >= 0.6 is 0 Å². The fourth-order valence-electron chi connectivity index (χ4n) is 1.20. The second kappa shape index (κ2) is 5.44. The van der Waals surface area contributed by atoms with Crippen LogP contribution in [0.4, 0.5) is 5.82 Å². The fourth-order valence-corrected chi connectivity index (χ4v) is 1.20. The van der Waals surface area contributed by atoms with E-state index in [0.717, 1.165) is 5.69 Å². The van der Waals surface area contributed by atoms with E-state index in [1.807, 2.05) is 13.8 Å². The van der Waals surface area contributed by atoms with Crippen LogP contribution in [0.25, 0.3) is 0 Å². The monoisotopic (exact) mass is 240 g/mol. The van der Waals surface area contributed by atoms with Crippen LogP contribution in [0.15, 0.2) is 6.07 Å². The van der Waals surface area contributed by atoms with Gasteiger partial charge in [-0.2, -0.15) is 5.10 Å². The number of rotatable bonds is 5. The molecule has 0 fully saturated rings. The van der Waals surface area contributed by atoms with E-state index in [1.54, 1.807) is 6.07 Å². The van der Waals surface area contributed by atoms with Gasteiger partial charge in [-0.25, -0.2) is 0 Å². The summed E-state index contributed by atoms with van der Waals surface area (Å²) in [6.07, 6.45) is -0.409. The van der Waals surface area contributed by atoms with Crippen LogP contribution in [0.2, 0.25) is 0 Å². The lowest BCUT2D eigenvalue weighted by Gasteiger charge is -2.07. The zero-order chi connectivity index (χ0) is 13.0. The summed E-state index contributed by atoms with van der Waals surface area (Å²) in [6.45, 7) is 3.96. The Morgan fingerprint density at radius 3 is 2.71 bits per heavy atom. The molecule has 7 nitrogen and oxygen atoms in total. The first-order valence-corrected chi connectivity index (χ1v) is 5.23. The highest BCUT2D eigenvalue weighted by molar-refractivity contribution is 5.95. The molecule has 0 bridgehead atoms. The average molecular weight is 240 g/mol. The lowest BCUT2D eigenvalue weighted by Crippen LogP contribution is -2.37. The van der Waals surface area contributed by atoms with Crippen molar-refractivity contribution in [2.75, 3.05) is 5.32 Å². The molecule has 7 heteroatoms. The van der Waals surface area contributed by atoms with Crippen molar-refractivity contribution in [1.29, 1.82) is 0 Å². The topological polar surface area (TPSA) is 121 Å². The molecule has 0 aromatic carbocycles. The van der Waals surface area contributed by atoms with Gasteiger partial charge in [0.15, 0.2) is 5.82 Å². The van der Waals surface area contributed by atoms with Gasteiger partial charge in [-0.15, -0.1) is 0 Å². The summed E-state index contributed by atoms with van der Waals surface area (Å²) >= 11 is 0. The van der Waals surface area contributed by atoms with Crippen molar-refractivity contribution in [3.63, 3.8) is 0 Å². The maximum absolute atomic E-state index is 11.5. The molecule has 1 atom stereocenters. The molecule has 0 saturated heterocycles. The number of carboxylic acid groups (broad SMARTS) is 1. The van der Waals surface area contributed by atoms with Crippen LogP contribution < -0.4 is 11.1 Å². The first-order chi connectivity index (χ1) is 7.90. The van der Waals surface area contributed by atoms with E-state index in [0.29, 0.717) is 5.82 Å². The number of nitrogens with two attached hydrogens (primary N) is 1. The van der Waals surface area contributed by atoms with Crippen LogP contribution in [0, 0.1) is 0 Å². The van der Waals surface area contributed by atoms with E-state index in [1.165, 1.54) is 0 Å². The summed E-state index contributed by atoms with van der Waals surface area (Å²) in [6, 6.07) is 0.613. The molecule has 1 aromatic rings. The van der Waals surface area contributed by atoms with E-state index >= 15 is 0 Å². The minimum atomic E-state index is -1.11. The smallest absolute Gasteiger partial charge is 0.305 e. The molecule has 0 radical (unpaired) electrons. The number of carbonyl (C=O) groups excluding carboxylic acids is 1. The van der Waals surface area contributed by atoms with Crippen LogP contribution in [0.3, 0.4) is 0 Å². The maximum Gasteiger partial charge on any atom is 0.305 e. The molecule has 5 N–H and O–H groups in total. The van der Waals surface area contributed by atoms with Gasteiger partial charge < -0.3 is 16.2 Å². The SMILES string of the molecule is CC(C)c1cc(NC(=O)C(N)CC(=O)O)n[nH]1. The summed E-state index contributed by atoms with van der Waals surface area (Å²) in [5.74, 6) is -1.06. The van der Waals surface area contributed by atoms with E-state index in [-0.39, 0.29) is 5.92 Å². The minimum Gasteiger partial charge on any atom is -0.481 e. The molecule has 1 amide bonds. The molecule has 1 rings (SSSR count). The minimum absolute atomic E-state index is 0.265. The largest absolute Gasteiger partial charge is 0.481 e. The van der Waals surface area contributed by atoms with Gasteiger partial charge in [0.05, 0.1) is 12.5 Å². The molecular weight excluding hydrogens is 224 g/mol. The third kappa shape index (κ3) is 3.87. The fraction of sp³-hybridized carbons (Fsp3) is 0.500. The van der Waals surface area contributed by atoms with E-state index in [9.17, 15) is 9.59 Å². The lowest BCUT2D eigenvalue weighted by molar-refractivity contribution is -0.138. The van der Waals surface area contributed by atoms with Crippen molar-refractivity contribution in [2.45, 2.75) is 32.2 Å². The third-order valence-electron chi connectivity index (χ3n) is 2.20. The van der Waals surface area contributed by atoms with Gasteiger partial charge in [0, 0.05) is 11.8 Å². The standard InChI is InChI=1S/C10H16N4O3/c1-5(2)7-4-8(14-13-7)12-10(17)6(11)3-9(15)16/h4-6H,3,11H2,1-2H3,(H,15,16)(H2,12,13,14,17). The van der Waals surface area contributed by atoms with Gasteiger partial charge in [0.1, 0.15) is 0 Å². The number of aromatic nitrogens is 2. The number of anilines is 1. The number of H-pyrrole nitrogens is 1. The van der Waals surface area contributed by atoms with Crippen molar-refractivity contribution in [2.24, 2.45) is 5.73 Å². The number of amides is 1. The molecule has 0 aliphatic carbocycles. The van der Waals surface area contributed by atoms with Crippen molar-refractivity contribution in [3.8, 4) is 0 Å². The Hall–Kier alpha value is -1.89. The second-order valence-electron chi connectivity index (χ2n) is 4.06. The molecule has 0 spiro atoms. The molecule has 0 saturated carbocycles. The maximum atomic E-state index is 11.5. The van der Waals surface area contributed by atoms with Crippen molar-refractivity contribution < 1.29 is 14.7 Å². The number of carbonyl (C=O) groups is 2. The van der Waals surface area contributed by atoms with Gasteiger partial charge in [0.2, 0.25) is 5.91 Å². The highest BCUT2D eigenvalue weighted by atomic mass is 16.4. The molecule has 94 valence electrons. The summed E-state index contributed by atoms with van der Waals surface area (Å²) in [4.78, 5) is 21.9. The van der Waals surface area contributed by atoms with E-state index in [2.05, 4.69) is 15.5 Å². The van der Waals surface area contributed by atoms with Crippen LogP contribution in [-0.2, 0) is 9.59 Å². The van der Waals surface area contributed by atoms with Crippen LogP contribution in [0.5, 0.6) is 0 Å². The molecule has 1 aromatic heterocycles. The molecule has 1 heterocycles. The Balaban J connectivity index is 2.58. The van der Waals surface area contributed by atoms with Gasteiger partial charge in [-0.3, -0.25) is 14.7 Å². The van der Waals surface area contributed by atoms with Gasteiger partial charge in [0.25, 0.3) is 0 Å². The molecule has 1 unspecified atom stereocenters. The van der Waals surface area contributed by atoms with Gasteiger partial charge in [-0.05, 0) is 5.92 Å². The molecule has 0 aliphatic heterocycles. The summed E-state index contributed by atoms with van der Waals surface area (Å²) in [5, 5.41) is 17.6. The zero-order valence-corrected chi connectivity index (χ0v) is 9.73. The molecular formula is C10H16N4O3. The molecule has 17 heavy (non-hydrogen) atoms. The normalized spacial score (nSPS) is 12.5. The Labute approximate surface area is 98.4 Å². The number of aromatic amines is 1. The Kier molecular flexibility index (Phi) is 4.22. The summed E-state index contributed by atoms with van der Waals surface area (Å²) in [7, 11) is 0. The van der Waals surface area contributed by atoms with Crippen LogP contribution in [0.1, 0.15) is 31.9 Å². The Morgan fingerprint density at radius 2 is 2.24 bits per heavy atom. The molecule has 0 aliphatic rings. The predicted octanol–water partition coefficient (Wildman–Crippen LogP) is 0.274. The number of nitrogens with one attached hydrogen (secondary N) is 2. The highest BCUT2D eigenvalue weighted by Crippen LogP contribution is 2.14. The quantitative estimate of drug-likeness (QED) is 0.588.